The van der Waals surface area contributed by atoms with Crippen molar-refractivity contribution in [3.05, 3.63) is 70.3 Å². The smallest absolute Gasteiger partial charge is 0.338 e. The number of Topliss-reactive ketones (excluding diaryl/α,β-unsaturated/α-hetero) is 1. The van der Waals surface area contributed by atoms with Crippen LogP contribution < -0.4 is 0 Å². The number of ketones is 1. The fraction of sp³-hybridized carbons (Fsp3) is 0.385. The van der Waals surface area contributed by atoms with Crippen LogP contribution >= 0.6 is 0 Å². The van der Waals surface area contributed by atoms with Crippen molar-refractivity contribution in [3.8, 4) is 11.8 Å². The molecule has 1 aliphatic carbocycles. The Hall–Kier alpha value is -2.64. The van der Waals surface area contributed by atoms with E-state index in [-0.39, 0.29) is 17.2 Å². The molecule has 4 heteroatoms. The first-order valence-electron chi connectivity index (χ1n) is 10.5. The summed E-state index contributed by atoms with van der Waals surface area (Å²) in [7, 11) is -1.21. The zero-order valence-corrected chi connectivity index (χ0v) is 19.6. The van der Waals surface area contributed by atoms with Crippen molar-refractivity contribution in [3.63, 3.8) is 0 Å². The van der Waals surface area contributed by atoms with Crippen molar-refractivity contribution < 1.29 is 14.3 Å². The van der Waals surface area contributed by atoms with Crippen LogP contribution in [-0.2, 0) is 10.2 Å². The van der Waals surface area contributed by atoms with Gasteiger partial charge in [-0.1, -0.05) is 45.3 Å². The van der Waals surface area contributed by atoms with E-state index in [0.29, 0.717) is 18.6 Å². The number of carbonyl (C=O) groups excluding carboxylic acids is 2. The molecule has 30 heavy (non-hydrogen) atoms. The van der Waals surface area contributed by atoms with Gasteiger partial charge in [0.2, 0.25) is 0 Å². The number of rotatable bonds is 4. The SMILES string of the molecule is CC1(C)CCC(=O)c2ccc(C#Cc3ccc(C(=O)OCC[Si](C)(C)C)cc3)cc21. The summed E-state index contributed by atoms with van der Waals surface area (Å²) < 4.78 is 5.39. The first-order valence-corrected chi connectivity index (χ1v) is 14.2. The first kappa shape index (κ1) is 22.1. The molecule has 0 aromatic heterocycles. The van der Waals surface area contributed by atoms with Crippen LogP contribution in [0, 0.1) is 11.8 Å². The van der Waals surface area contributed by atoms with Crippen LogP contribution in [0.1, 0.15) is 64.1 Å². The van der Waals surface area contributed by atoms with E-state index in [1.54, 1.807) is 12.1 Å². The lowest BCUT2D eigenvalue weighted by Gasteiger charge is -2.31. The van der Waals surface area contributed by atoms with Crippen LogP contribution in [0.3, 0.4) is 0 Å². The summed E-state index contributed by atoms with van der Waals surface area (Å²) >= 11 is 0. The Balaban J connectivity index is 1.70. The van der Waals surface area contributed by atoms with Crippen LogP contribution in [0.4, 0.5) is 0 Å². The summed E-state index contributed by atoms with van der Waals surface area (Å²) in [5, 5.41) is 0. The highest BCUT2D eigenvalue weighted by Crippen LogP contribution is 2.37. The summed E-state index contributed by atoms with van der Waals surface area (Å²) in [5.41, 5.74) is 4.17. The van der Waals surface area contributed by atoms with E-state index in [9.17, 15) is 9.59 Å². The fourth-order valence-electron chi connectivity index (χ4n) is 3.49. The van der Waals surface area contributed by atoms with Gasteiger partial charge in [-0.25, -0.2) is 4.79 Å². The highest BCUT2D eigenvalue weighted by molar-refractivity contribution is 6.76. The molecule has 156 valence electrons. The lowest BCUT2D eigenvalue weighted by atomic mass is 9.72. The Morgan fingerprint density at radius 3 is 2.33 bits per heavy atom. The van der Waals surface area contributed by atoms with Gasteiger partial charge < -0.3 is 4.74 Å². The molecular formula is C26H30O3Si. The zero-order valence-electron chi connectivity index (χ0n) is 18.6. The molecule has 2 aromatic rings. The molecule has 3 rings (SSSR count). The van der Waals surface area contributed by atoms with Crippen LogP contribution in [0.5, 0.6) is 0 Å². The van der Waals surface area contributed by atoms with E-state index in [2.05, 4.69) is 45.3 Å². The molecule has 0 amide bonds. The topological polar surface area (TPSA) is 43.4 Å². The Kier molecular flexibility index (Phi) is 6.33. The number of fused-ring (bicyclic) bond motifs is 1. The number of benzene rings is 2. The van der Waals surface area contributed by atoms with Gasteiger partial charge in [0.25, 0.3) is 0 Å². The maximum atomic E-state index is 12.2. The Bertz CT molecular complexity index is 1010. The number of carbonyl (C=O) groups is 2. The zero-order chi connectivity index (χ0) is 21.9. The molecule has 0 N–H and O–H groups in total. The first-order chi connectivity index (χ1) is 14.0. The van der Waals surface area contributed by atoms with Crippen LogP contribution in [-0.4, -0.2) is 26.4 Å². The Morgan fingerprint density at radius 1 is 1.03 bits per heavy atom. The van der Waals surface area contributed by atoms with Crippen molar-refractivity contribution in [2.45, 2.75) is 57.8 Å². The van der Waals surface area contributed by atoms with Gasteiger partial charge in [0, 0.05) is 31.2 Å². The van der Waals surface area contributed by atoms with Crippen molar-refractivity contribution in [1.29, 1.82) is 0 Å². The van der Waals surface area contributed by atoms with Crippen LogP contribution in [0.2, 0.25) is 25.7 Å². The summed E-state index contributed by atoms with van der Waals surface area (Å²) in [6.45, 7) is 11.6. The van der Waals surface area contributed by atoms with E-state index in [0.717, 1.165) is 34.7 Å². The third kappa shape index (κ3) is 5.49. The van der Waals surface area contributed by atoms with E-state index in [1.165, 1.54) is 0 Å². The average Bonchev–Trinajstić information content (AvgIpc) is 2.69. The summed E-state index contributed by atoms with van der Waals surface area (Å²) in [6, 6.07) is 14.0. The highest BCUT2D eigenvalue weighted by Gasteiger charge is 2.31. The number of esters is 1. The normalized spacial score (nSPS) is 15.0. The molecule has 0 atom stereocenters. The second kappa shape index (κ2) is 8.61. The number of hydrogen-bond donors (Lipinski definition) is 0. The highest BCUT2D eigenvalue weighted by atomic mass is 28.3. The maximum absolute atomic E-state index is 12.2. The minimum Gasteiger partial charge on any atom is -0.462 e. The quantitative estimate of drug-likeness (QED) is 0.356. The van der Waals surface area contributed by atoms with Crippen molar-refractivity contribution >= 4 is 19.8 Å². The maximum Gasteiger partial charge on any atom is 0.338 e. The predicted molar refractivity (Wildman–Crippen MR) is 124 cm³/mol. The van der Waals surface area contributed by atoms with Gasteiger partial charge >= 0.3 is 5.97 Å². The molecule has 0 bridgehead atoms. The number of hydrogen-bond acceptors (Lipinski definition) is 3. The van der Waals surface area contributed by atoms with E-state index in [1.807, 2.05) is 30.3 Å². The second-order valence-corrected chi connectivity index (χ2v) is 15.5. The Morgan fingerprint density at radius 2 is 1.67 bits per heavy atom. The Labute approximate surface area is 180 Å². The van der Waals surface area contributed by atoms with Crippen LogP contribution in [0.15, 0.2) is 42.5 Å². The summed E-state index contributed by atoms with van der Waals surface area (Å²) in [6.07, 6.45) is 1.48. The molecular weight excluding hydrogens is 388 g/mol. The molecule has 1 aliphatic rings. The summed E-state index contributed by atoms with van der Waals surface area (Å²) in [4.78, 5) is 24.4. The van der Waals surface area contributed by atoms with Crippen LogP contribution in [0.25, 0.3) is 0 Å². The predicted octanol–water partition coefficient (Wildman–Crippen LogP) is 5.84. The lowest BCUT2D eigenvalue weighted by molar-refractivity contribution is 0.0525. The van der Waals surface area contributed by atoms with Crippen molar-refractivity contribution in [2.24, 2.45) is 0 Å². The molecule has 0 aliphatic heterocycles. The molecule has 0 spiro atoms. The molecule has 0 fully saturated rings. The fourth-order valence-corrected chi connectivity index (χ4v) is 4.20. The van der Waals surface area contributed by atoms with Gasteiger partial charge in [0.05, 0.1) is 12.2 Å². The molecule has 0 unspecified atom stereocenters. The third-order valence-electron chi connectivity index (χ3n) is 5.58. The van der Waals surface area contributed by atoms with E-state index >= 15 is 0 Å². The standard InChI is InChI=1S/C26H30O3Si/c1-26(2)15-14-24(27)22-13-10-20(18-23(22)26)7-6-19-8-11-21(12-9-19)25(28)29-16-17-30(3,4)5/h8-13,18H,14-17H2,1-5H3. The largest absolute Gasteiger partial charge is 0.462 e. The molecule has 3 nitrogen and oxygen atoms in total. The lowest BCUT2D eigenvalue weighted by Crippen LogP contribution is -2.27. The summed E-state index contributed by atoms with van der Waals surface area (Å²) in [5.74, 6) is 6.28. The molecule has 0 saturated carbocycles. The van der Waals surface area contributed by atoms with E-state index < -0.39 is 8.07 Å². The van der Waals surface area contributed by atoms with Gasteiger partial charge in [-0.3, -0.25) is 4.79 Å². The monoisotopic (exact) mass is 418 g/mol. The van der Waals surface area contributed by atoms with E-state index in [4.69, 9.17) is 4.74 Å². The minimum absolute atomic E-state index is 0.0155. The van der Waals surface area contributed by atoms with Gasteiger partial charge in [-0.15, -0.1) is 0 Å². The molecule has 0 saturated heterocycles. The number of ether oxygens (including phenoxy) is 1. The molecule has 0 radical (unpaired) electrons. The van der Waals surface area contributed by atoms with Gasteiger partial charge in [0.15, 0.2) is 5.78 Å². The average molecular weight is 419 g/mol. The molecule has 2 aromatic carbocycles. The van der Waals surface area contributed by atoms with Gasteiger partial charge in [-0.05, 0) is 65.9 Å². The third-order valence-corrected chi connectivity index (χ3v) is 7.29. The van der Waals surface area contributed by atoms with Crippen molar-refractivity contribution in [2.75, 3.05) is 6.61 Å². The minimum atomic E-state index is -1.21. The molecule has 0 heterocycles. The van der Waals surface area contributed by atoms with Gasteiger partial charge in [0.1, 0.15) is 0 Å². The second-order valence-electron chi connectivity index (χ2n) is 9.84. The van der Waals surface area contributed by atoms with Crippen molar-refractivity contribution in [1.82, 2.24) is 0 Å². The van der Waals surface area contributed by atoms with Gasteiger partial charge in [-0.2, -0.15) is 0 Å².